The van der Waals surface area contributed by atoms with Gasteiger partial charge in [-0.15, -0.1) is 0 Å². The van der Waals surface area contributed by atoms with Crippen LogP contribution >= 0.6 is 0 Å². The second-order valence-electron chi connectivity index (χ2n) is 9.37. The first-order valence-electron chi connectivity index (χ1n) is 11.0. The third-order valence-corrected chi connectivity index (χ3v) is 6.62. The summed E-state index contributed by atoms with van der Waals surface area (Å²) in [4.78, 5) is 37.6. The van der Waals surface area contributed by atoms with E-state index in [4.69, 9.17) is 4.74 Å². The second-order valence-corrected chi connectivity index (χ2v) is 9.37. The van der Waals surface area contributed by atoms with Gasteiger partial charge in [0.1, 0.15) is 11.9 Å². The maximum absolute atomic E-state index is 13.6. The first kappa shape index (κ1) is 22.6. The largest absolute Gasteiger partial charge is 0.508 e. The molecule has 10 heteroatoms. The summed E-state index contributed by atoms with van der Waals surface area (Å²) in [7, 11) is 2.98. The number of ether oxygens (including phenoxy) is 1. The number of fused-ring (bicyclic) bond motifs is 3. The van der Waals surface area contributed by atoms with Gasteiger partial charge in [-0.1, -0.05) is 30.3 Å². The Hall–Kier alpha value is -4.18. The van der Waals surface area contributed by atoms with Crippen LogP contribution in [0.25, 0.3) is 22.2 Å². The van der Waals surface area contributed by atoms with Crippen molar-refractivity contribution in [3.8, 4) is 17.0 Å². The Morgan fingerprint density at radius 3 is 2.49 bits per heavy atom. The van der Waals surface area contributed by atoms with Crippen molar-refractivity contribution in [2.45, 2.75) is 25.5 Å². The molecule has 35 heavy (non-hydrogen) atoms. The number of para-hydroxylation sites is 1. The second kappa shape index (κ2) is 7.67. The quantitative estimate of drug-likeness (QED) is 0.358. The Morgan fingerprint density at radius 2 is 1.80 bits per heavy atom. The molecule has 0 bridgehead atoms. The Balaban J connectivity index is 2.02. The summed E-state index contributed by atoms with van der Waals surface area (Å²) in [5.41, 5.74) is 0.477. The predicted octanol–water partition coefficient (Wildman–Crippen LogP) is 3.17. The number of hydrogen-bond acceptors (Lipinski definition) is 6. The highest BCUT2D eigenvalue weighted by Crippen LogP contribution is 2.47. The van der Waals surface area contributed by atoms with Gasteiger partial charge in [-0.25, -0.2) is 4.79 Å². The molecule has 0 spiro atoms. The first-order chi connectivity index (χ1) is 16.5. The maximum Gasteiger partial charge on any atom is 0.331 e. The summed E-state index contributed by atoms with van der Waals surface area (Å²) < 4.78 is 10.6. The van der Waals surface area contributed by atoms with E-state index in [-0.39, 0.29) is 23.4 Å². The number of hydrogen-bond donors (Lipinski definition) is 1. The van der Waals surface area contributed by atoms with Crippen LogP contribution in [-0.2, 0) is 24.4 Å². The van der Waals surface area contributed by atoms with Crippen LogP contribution in [-0.4, -0.2) is 30.3 Å². The summed E-state index contributed by atoms with van der Waals surface area (Å²) in [6.45, 7) is 4.09. The van der Waals surface area contributed by atoms with E-state index in [0.717, 1.165) is 4.57 Å². The van der Waals surface area contributed by atoms with E-state index in [1.54, 1.807) is 43.4 Å². The number of aryl methyl sites for hydroxylation is 1. The fraction of sp³-hybridized carbons (Fsp3) is 0.280. The van der Waals surface area contributed by atoms with Gasteiger partial charge in [-0.2, -0.15) is 0 Å². The van der Waals surface area contributed by atoms with Crippen LogP contribution in [0.4, 0.5) is 5.69 Å². The van der Waals surface area contributed by atoms with Gasteiger partial charge in [-0.05, 0) is 19.9 Å². The van der Waals surface area contributed by atoms with Crippen LogP contribution in [0.3, 0.4) is 0 Å². The number of nitrogens with zero attached hydrogens (tertiary/aromatic N) is 4. The Bertz CT molecular complexity index is 1640. The van der Waals surface area contributed by atoms with E-state index in [0.29, 0.717) is 28.0 Å². The zero-order valence-corrected chi connectivity index (χ0v) is 19.7. The zero-order chi connectivity index (χ0) is 25.2. The van der Waals surface area contributed by atoms with Gasteiger partial charge in [0.25, 0.3) is 11.2 Å². The third kappa shape index (κ3) is 3.21. The average molecular weight is 476 g/mol. The van der Waals surface area contributed by atoms with Crippen molar-refractivity contribution in [2.75, 3.05) is 6.61 Å². The van der Waals surface area contributed by atoms with Gasteiger partial charge >= 0.3 is 5.69 Å². The number of benzene rings is 2. The topological polar surface area (TPSA) is 122 Å². The van der Waals surface area contributed by atoms with Gasteiger partial charge in [-0.3, -0.25) is 24.0 Å². The molecule has 1 unspecified atom stereocenters. The molecule has 0 saturated carbocycles. The normalized spacial score (nSPS) is 16.9. The molecule has 2 aromatic carbocycles. The molecule has 1 aliphatic heterocycles. The third-order valence-electron chi connectivity index (χ3n) is 6.62. The van der Waals surface area contributed by atoms with Gasteiger partial charge in [0.2, 0.25) is 0 Å². The minimum atomic E-state index is -0.781. The molecule has 3 heterocycles. The lowest BCUT2D eigenvalue weighted by Crippen LogP contribution is -2.40. The Morgan fingerprint density at radius 1 is 1.09 bits per heavy atom. The minimum Gasteiger partial charge on any atom is -0.508 e. The van der Waals surface area contributed by atoms with Crippen LogP contribution in [0, 0.1) is 10.1 Å². The van der Waals surface area contributed by atoms with Gasteiger partial charge in [0.05, 0.1) is 39.4 Å². The molecule has 1 aliphatic rings. The number of aromatic nitrogens is 3. The van der Waals surface area contributed by atoms with E-state index in [9.17, 15) is 24.8 Å². The van der Waals surface area contributed by atoms with Crippen LogP contribution in [0.2, 0.25) is 0 Å². The molecule has 1 N–H and O–H groups in total. The lowest BCUT2D eigenvalue weighted by atomic mass is 9.97. The van der Waals surface area contributed by atoms with Crippen molar-refractivity contribution >= 4 is 16.6 Å². The number of phenols is 1. The monoisotopic (exact) mass is 476 g/mol. The summed E-state index contributed by atoms with van der Waals surface area (Å²) in [6.07, 6.45) is -0.781. The van der Waals surface area contributed by atoms with Gasteiger partial charge in [0.15, 0.2) is 0 Å². The van der Waals surface area contributed by atoms with Gasteiger partial charge < -0.3 is 14.4 Å². The fourth-order valence-corrected chi connectivity index (χ4v) is 4.98. The smallest absolute Gasteiger partial charge is 0.331 e. The standard InChI is InChI=1S/C25H24N4O6/c1-25(2)13-35-22(16-10-5-6-11-17(16)30)21-20-18(23(31)27(4)24(32)26(20)3)19(28(21)25)14-8-7-9-15(12-14)29(33)34/h5-12,22,30H,13H2,1-4H3. The predicted molar refractivity (Wildman–Crippen MR) is 130 cm³/mol. The number of non-ortho nitro benzene ring substituents is 1. The highest BCUT2D eigenvalue weighted by Gasteiger charge is 2.41. The zero-order valence-electron chi connectivity index (χ0n) is 19.7. The highest BCUT2D eigenvalue weighted by molar-refractivity contribution is 5.97. The van der Waals surface area contributed by atoms with E-state index in [1.165, 1.54) is 23.7 Å². The van der Waals surface area contributed by atoms with Crippen LogP contribution in [0.5, 0.6) is 5.75 Å². The van der Waals surface area contributed by atoms with E-state index in [1.807, 2.05) is 18.4 Å². The molecule has 1 atom stereocenters. The molecule has 180 valence electrons. The minimum absolute atomic E-state index is 0.0174. The van der Waals surface area contributed by atoms with Crippen molar-refractivity contribution < 1.29 is 14.8 Å². The van der Waals surface area contributed by atoms with Crippen LogP contribution in [0.15, 0.2) is 58.1 Å². The Labute approximate surface area is 199 Å². The van der Waals surface area contributed by atoms with E-state index < -0.39 is 27.8 Å². The molecule has 0 fully saturated rings. The van der Waals surface area contributed by atoms with Crippen molar-refractivity contribution in [3.63, 3.8) is 0 Å². The Kier molecular flexibility index (Phi) is 4.95. The molecule has 0 radical (unpaired) electrons. The molecule has 4 aromatic rings. The van der Waals surface area contributed by atoms with Gasteiger partial charge in [0, 0.05) is 37.4 Å². The molecular weight excluding hydrogens is 452 g/mol. The lowest BCUT2D eigenvalue weighted by Gasteiger charge is -2.39. The molecule has 10 nitrogen and oxygen atoms in total. The molecule has 5 rings (SSSR count). The average Bonchev–Trinajstić information content (AvgIpc) is 3.20. The van der Waals surface area contributed by atoms with Crippen LogP contribution < -0.4 is 11.2 Å². The van der Waals surface area contributed by atoms with E-state index >= 15 is 0 Å². The summed E-state index contributed by atoms with van der Waals surface area (Å²) in [6, 6.07) is 12.8. The number of aromatic hydroxyl groups is 1. The highest BCUT2D eigenvalue weighted by atomic mass is 16.6. The maximum atomic E-state index is 13.6. The summed E-state index contributed by atoms with van der Waals surface area (Å²) in [5, 5.41) is 22.4. The number of rotatable bonds is 3. The summed E-state index contributed by atoms with van der Waals surface area (Å²) >= 11 is 0. The van der Waals surface area contributed by atoms with Crippen LogP contribution in [0.1, 0.15) is 31.2 Å². The fourth-order valence-electron chi connectivity index (χ4n) is 4.98. The molecule has 0 amide bonds. The summed E-state index contributed by atoms with van der Waals surface area (Å²) in [5.74, 6) is 0.0174. The number of nitro benzene ring substituents is 1. The molecule has 2 aromatic heterocycles. The number of nitro groups is 1. The van der Waals surface area contributed by atoms with Crippen molar-refractivity contribution in [3.05, 3.63) is 90.7 Å². The molecule has 0 aliphatic carbocycles. The van der Waals surface area contributed by atoms with Crippen molar-refractivity contribution in [1.29, 1.82) is 0 Å². The molecular formula is C25H24N4O6. The first-order valence-corrected chi connectivity index (χ1v) is 11.0. The molecule has 0 saturated heterocycles. The van der Waals surface area contributed by atoms with E-state index in [2.05, 4.69) is 0 Å². The number of phenolic OH excluding ortho intramolecular Hbond substituents is 1. The van der Waals surface area contributed by atoms with Crippen molar-refractivity contribution in [1.82, 2.24) is 13.7 Å². The van der Waals surface area contributed by atoms with Crippen molar-refractivity contribution in [2.24, 2.45) is 14.1 Å². The SMILES string of the molecule is Cn1c(=O)c2c(-c3cccc([N+](=O)[O-])c3)n3c(c2n(C)c1=O)C(c1ccccc1O)OCC3(C)C. The lowest BCUT2D eigenvalue weighted by molar-refractivity contribution is -0.384.